The number of carbonyl (C=O) groups is 1. The van der Waals surface area contributed by atoms with Gasteiger partial charge in [0.25, 0.3) is 0 Å². The number of piperazine rings is 1. The molecule has 2 amide bonds. The van der Waals surface area contributed by atoms with Gasteiger partial charge < -0.3 is 19.9 Å². The van der Waals surface area contributed by atoms with Crippen LogP contribution in [0.4, 0.5) is 16.3 Å². The van der Waals surface area contributed by atoms with Crippen LogP contribution in [0.25, 0.3) is 10.8 Å². The Bertz CT molecular complexity index is 1200. The maximum absolute atomic E-state index is 12.7. The van der Waals surface area contributed by atoms with E-state index in [-0.39, 0.29) is 6.03 Å². The molecule has 0 radical (unpaired) electrons. The third-order valence-corrected chi connectivity index (χ3v) is 5.60. The van der Waals surface area contributed by atoms with Gasteiger partial charge in [-0.1, -0.05) is 42.5 Å². The highest BCUT2D eigenvalue weighted by Crippen LogP contribution is 2.26. The number of amides is 2. The molecule has 0 spiro atoms. The molecule has 0 aliphatic carbocycles. The molecule has 32 heavy (non-hydrogen) atoms. The first kappa shape index (κ1) is 19.9. The molecule has 0 bridgehead atoms. The summed E-state index contributed by atoms with van der Waals surface area (Å²) < 4.78 is 5.80. The third-order valence-electron chi connectivity index (χ3n) is 5.60. The van der Waals surface area contributed by atoms with Gasteiger partial charge in [-0.2, -0.15) is 0 Å². The minimum atomic E-state index is -0.0905. The van der Waals surface area contributed by atoms with Crippen molar-refractivity contribution in [2.75, 3.05) is 36.4 Å². The van der Waals surface area contributed by atoms with E-state index in [4.69, 9.17) is 4.74 Å². The molecule has 0 atom stereocenters. The van der Waals surface area contributed by atoms with Crippen LogP contribution in [0.3, 0.4) is 0 Å². The van der Waals surface area contributed by atoms with Gasteiger partial charge in [0.05, 0.1) is 0 Å². The van der Waals surface area contributed by atoms with Crippen LogP contribution in [0.15, 0.2) is 91.1 Å². The highest BCUT2D eigenvalue weighted by atomic mass is 16.5. The summed E-state index contributed by atoms with van der Waals surface area (Å²) in [6, 6.07) is 27.2. The van der Waals surface area contributed by atoms with Crippen LogP contribution in [-0.2, 0) is 0 Å². The maximum Gasteiger partial charge on any atom is 0.321 e. The Balaban J connectivity index is 1.18. The normalized spacial score (nSPS) is 13.8. The highest BCUT2D eigenvalue weighted by molar-refractivity contribution is 5.92. The Morgan fingerprint density at radius 1 is 0.781 bits per heavy atom. The van der Waals surface area contributed by atoms with Gasteiger partial charge in [-0.3, -0.25) is 0 Å². The fourth-order valence-electron chi connectivity index (χ4n) is 3.91. The number of para-hydroxylation sites is 1. The highest BCUT2D eigenvalue weighted by Gasteiger charge is 2.23. The zero-order chi connectivity index (χ0) is 21.8. The van der Waals surface area contributed by atoms with Gasteiger partial charge in [-0.25, -0.2) is 9.78 Å². The van der Waals surface area contributed by atoms with E-state index in [2.05, 4.69) is 27.3 Å². The average Bonchev–Trinajstić information content (AvgIpc) is 2.86. The van der Waals surface area contributed by atoms with E-state index >= 15 is 0 Å². The molecule has 6 nitrogen and oxygen atoms in total. The number of nitrogens with zero attached hydrogens (tertiary/aromatic N) is 3. The maximum atomic E-state index is 12.7. The number of hydrogen-bond acceptors (Lipinski definition) is 4. The molecule has 1 saturated heterocycles. The van der Waals surface area contributed by atoms with Crippen LogP contribution in [0, 0.1) is 0 Å². The third kappa shape index (κ3) is 4.34. The molecule has 6 heteroatoms. The second-order valence-corrected chi connectivity index (χ2v) is 7.70. The van der Waals surface area contributed by atoms with Crippen LogP contribution in [0.1, 0.15) is 0 Å². The lowest BCUT2D eigenvalue weighted by Crippen LogP contribution is -2.50. The van der Waals surface area contributed by atoms with E-state index < -0.39 is 0 Å². The number of benzene rings is 3. The van der Waals surface area contributed by atoms with E-state index in [1.54, 1.807) is 0 Å². The molecule has 3 aromatic carbocycles. The van der Waals surface area contributed by atoms with Crippen molar-refractivity contribution in [3.63, 3.8) is 0 Å². The zero-order valence-electron chi connectivity index (χ0n) is 17.6. The molecule has 1 aliphatic rings. The smallest absolute Gasteiger partial charge is 0.321 e. The lowest BCUT2D eigenvalue weighted by atomic mass is 10.1. The summed E-state index contributed by atoms with van der Waals surface area (Å²) >= 11 is 0. The Morgan fingerprint density at radius 3 is 2.25 bits per heavy atom. The van der Waals surface area contributed by atoms with Crippen LogP contribution in [-0.4, -0.2) is 42.1 Å². The Morgan fingerprint density at radius 2 is 1.47 bits per heavy atom. The number of hydrogen-bond donors (Lipinski definition) is 1. The molecule has 4 aromatic rings. The minimum Gasteiger partial charge on any atom is -0.457 e. The summed E-state index contributed by atoms with van der Waals surface area (Å²) in [5.74, 6) is 2.49. The molecule has 2 heterocycles. The second kappa shape index (κ2) is 8.98. The number of pyridine rings is 1. The first-order chi connectivity index (χ1) is 15.8. The Labute approximate surface area is 187 Å². The summed E-state index contributed by atoms with van der Waals surface area (Å²) in [5, 5.41) is 5.31. The SMILES string of the molecule is O=C(Nc1ccc(Oc2ccccc2)cc1)N1CCN(c2nccc3ccccc23)CC1. The molecule has 5 rings (SSSR count). The molecule has 1 N–H and O–H groups in total. The molecular weight excluding hydrogens is 400 g/mol. The van der Waals surface area contributed by atoms with Gasteiger partial charge in [-0.05, 0) is 47.9 Å². The summed E-state index contributed by atoms with van der Waals surface area (Å²) in [7, 11) is 0. The van der Waals surface area contributed by atoms with Crippen LogP contribution in [0.2, 0.25) is 0 Å². The number of urea groups is 1. The Hall–Kier alpha value is -4.06. The van der Waals surface area contributed by atoms with Gasteiger partial charge in [0.2, 0.25) is 0 Å². The van der Waals surface area contributed by atoms with Crippen molar-refractivity contribution in [2.45, 2.75) is 0 Å². The number of aromatic nitrogens is 1. The van der Waals surface area contributed by atoms with Crippen molar-refractivity contribution in [1.82, 2.24) is 9.88 Å². The summed E-state index contributed by atoms with van der Waals surface area (Å²) in [4.78, 5) is 21.4. The van der Waals surface area contributed by atoms with Crippen LogP contribution in [0.5, 0.6) is 11.5 Å². The van der Waals surface area contributed by atoms with Crippen molar-refractivity contribution < 1.29 is 9.53 Å². The number of anilines is 2. The first-order valence-electron chi connectivity index (χ1n) is 10.7. The number of nitrogens with one attached hydrogen (secondary N) is 1. The van der Waals surface area contributed by atoms with E-state index in [1.807, 2.05) is 83.9 Å². The van der Waals surface area contributed by atoms with E-state index in [0.717, 1.165) is 41.5 Å². The fourth-order valence-corrected chi connectivity index (χ4v) is 3.91. The zero-order valence-corrected chi connectivity index (χ0v) is 17.6. The van der Waals surface area contributed by atoms with Gasteiger partial charge in [0.15, 0.2) is 0 Å². The number of rotatable bonds is 4. The van der Waals surface area contributed by atoms with Crippen LogP contribution >= 0.6 is 0 Å². The number of fused-ring (bicyclic) bond motifs is 1. The van der Waals surface area contributed by atoms with Gasteiger partial charge in [0.1, 0.15) is 17.3 Å². The molecular formula is C26H24N4O2. The largest absolute Gasteiger partial charge is 0.457 e. The molecule has 1 fully saturated rings. The lowest BCUT2D eigenvalue weighted by molar-refractivity contribution is 0.208. The quantitative estimate of drug-likeness (QED) is 0.478. The number of ether oxygens (including phenoxy) is 1. The van der Waals surface area contributed by atoms with Gasteiger partial charge in [-0.15, -0.1) is 0 Å². The van der Waals surface area contributed by atoms with E-state index in [9.17, 15) is 4.79 Å². The Kier molecular flexibility index (Phi) is 5.58. The van der Waals surface area contributed by atoms with Gasteiger partial charge in [0, 0.05) is 43.4 Å². The monoisotopic (exact) mass is 424 g/mol. The summed E-state index contributed by atoms with van der Waals surface area (Å²) in [5.41, 5.74) is 0.744. The average molecular weight is 425 g/mol. The van der Waals surface area contributed by atoms with Crippen molar-refractivity contribution in [3.05, 3.63) is 91.1 Å². The number of carbonyl (C=O) groups excluding carboxylic acids is 1. The predicted molar refractivity (Wildman–Crippen MR) is 128 cm³/mol. The van der Waals surface area contributed by atoms with E-state index in [1.165, 1.54) is 5.39 Å². The van der Waals surface area contributed by atoms with Crippen molar-refractivity contribution in [3.8, 4) is 11.5 Å². The van der Waals surface area contributed by atoms with Crippen molar-refractivity contribution >= 4 is 28.3 Å². The lowest BCUT2D eigenvalue weighted by Gasteiger charge is -2.35. The standard InChI is InChI=1S/C26H24N4O2/c31-26(28-21-10-12-23(13-11-21)32-22-7-2-1-3-8-22)30-18-16-29(17-19-30)25-24-9-5-4-6-20(24)14-15-27-25/h1-15H,16-19H2,(H,28,31). The predicted octanol–water partition coefficient (Wildman–Crippen LogP) is 5.38. The molecule has 0 saturated carbocycles. The molecule has 1 aliphatic heterocycles. The van der Waals surface area contributed by atoms with Gasteiger partial charge >= 0.3 is 6.03 Å². The topological polar surface area (TPSA) is 57.7 Å². The summed E-state index contributed by atoms with van der Waals surface area (Å²) in [6.45, 7) is 2.79. The second-order valence-electron chi connectivity index (χ2n) is 7.70. The van der Waals surface area contributed by atoms with E-state index in [0.29, 0.717) is 13.1 Å². The molecule has 1 aromatic heterocycles. The summed E-state index contributed by atoms with van der Waals surface area (Å²) in [6.07, 6.45) is 1.85. The fraction of sp³-hybridized carbons (Fsp3) is 0.154. The van der Waals surface area contributed by atoms with Crippen molar-refractivity contribution in [2.24, 2.45) is 0 Å². The first-order valence-corrected chi connectivity index (χ1v) is 10.7. The van der Waals surface area contributed by atoms with Crippen LogP contribution < -0.4 is 15.0 Å². The molecule has 160 valence electrons. The minimum absolute atomic E-state index is 0.0905. The van der Waals surface area contributed by atoms with Crippen molar-refractivity contribution in [1.29, 1.82) is 0 Å². The molecule has 0 unspecified atom stereocenters.